The van der Waals surface area contributed by atoms with Gasteiger partial charge in [-0.1, -0.05) is 13.0 Å². The number of piperazine rings is 1. The molecule has 8 heteroatoms. The maximum absolute atomic E-state index is 12.8. The highest BCUT2D eigenvalue weighted by atomic mass is 19.4. The first kappa shape index (κ1) is 19.2. The normalized spacial score (nSPS) is 15.6. The lowest BCUT2D eigenvalue weighted by molar-refractivity contribution is -0.137. The number of hydrogen-bond acceptors (Lipinski definition) is 4. The Balaban J connectivity index is 1.71. The lowest BCUT2D eigenvalue weighted by Gasteiger charge is -2.34. The molecule has 1 fully saturated rings. The Hall–Kier alpha value is -2.61. The average Bonchev–Trinajstić information content (AvgIpc) is 2.68. The predicted molar refractivity (Wildman–Crippen MR) is 98.0 cm³/mol. The molecule has 3 rings (SSSR count). The van der Waals surface area contributed by atoms with Crippen molar-refractivity contribution in [3.63, 3.8) is 0 Å². The smallest absolute Gasteiger partial charge is 0.354 e. The summed E-state index contributed by atoms with van der Waals surface area (Å²) in [5, 5.41) is 2.52. The molecule has 1 aromatic carbocycles. The molecule has 1 aliphatic rings. The Labute approximate surface area is 155 Å². The molecule has 0 radical (unpaired) electrons. The van der Waals surface area contributed by atoms with Crippen molar-refractivity contribution in [3.05, 3.63) is 53.7 Å². The number of halogens is 3. The number of benzene rings is 1. The Morgan fingerprint density at radius 3 is 2.56 bits per heavy atom. The summed E-state index contributed by atoms with van der Waals surface area (Å²) in [5.41, 5.74) is -0.343. The van der Waals surface area contributed by atoms with E-state index in [9.17, 15) is 18.0 Å². The van der Waals surface area contributed by atoms with Crippen LogP contribution in [0.1, 0.15) is 22.8 Å². The van der Waals surface area contributed by atoms with Gasteiger partial charge in [-0.05, 0) is 36.9 Å². The van der Waals surface area contributed by atoms with Gasteiger partial charge in [-0.25, -0.2) is 4.98 Å². The van der Waals surface area contributed by atoms with Crippen LogP contribution in [0.2, 0.25) is 0 Å². The lowest BCUT2D eigenvalue weighted by Crippen LogP contribution is -2.46. The Kier molecular flexibility index (Phi) is 5.65. The minimum atomic E-state index is -4.45. The molecule has 0 bridgehead atoms. The molecule has 0 aliphatic carbocycles. The van der Waals surface area contributed by atoms with Crippen molar-refractivity contribution in [2.45, 2.75) is 13.1 Å². The molecular weight excluding hydrogens is 357 g/mol. The van der Waals surface area contributed by atoms with E-state index in [1.54, 1.807) is 18.3 Å². The zero-order valence-electron chi connectivity index (χ0n) is 15.0. The van der Waals surface area contributed by atoms with Gasteiger partial charge in [-0.2, -0.15) is 13.2 Å². The number of carbonyl (C=O) groups is 1. The summed E-state index contributed by atoms with van der Waals surface area (Å²) < 4.78 is 38.4. The van der Waals surface area contributed by atoms with Crippen LogP contribution in [0, 0.1) is 0 Å². The Morgan fingerprint density at radius 2 is 1.89 bits per heavy atom. The fourth-order valence-corrected chi connectivity index (χ4v) is 3.00. The molecule has 1 N–H and O–H groups in total. The van der Waals surface area contributed by atoms with Crippen LogP contribution in [0.3, 0.4) is 0 Å². The molecule has 5 nitrogen and oxygen atoms in total. The summed E-state index contributed by atoms with van der Waals surface area (Å²) in [4.78, 5) is 21.2. The number of nitrogens with zero attached hydrogens (tertiary/aromatic N) is 3. The number of rotatable bonds is 4. The number of anilines is 2. The number of likely N-dealkylation sites (N-methyl/N-ethyl adjacent to an activating group) is 1. The predicted octanol–water partition coefficient (Wildman–Crippen LogP) is 3.49. The summed E-state index contributed by atoms with van der Waals surface area (Å²) in [7, 11) is 0. The van der Waals surface area contributed by atoms with E-state index in [0.29, 0.717) is 11.4 Å². The van der Waals surface area contributed by atoms with Crippen LogP contribution in [0.25, 0.3) is 0 Å². The van der Waals surface area contributed by atoms with E-state index in [-0.39, 0.29) is 5.69 Å². The molecule has 0 atom stereocenters. The molecule has 0 saturated carbocycles. The monoisotopic (exact) mass is 378 g/mol. The largest absolute Gasteiger partial charge is 0.416 e. The molecule has 1 aromatic heterocycles. The first-order valence-corrected chi connectivity index (χ1v) is 8.79. The van der Waals surface area contributed by atoms with Crippen LogP contribution in [0.15, 0.2) is 42.6 Å². The lowest BCUT2D eigenvalue weighted by atomic mass is 10.1. The molecule has 1 saturated heterocycles. The third-order valence-electron chi connectivity index (χ3n) is 4.60. The summed E-state index contributed by atoms with van der Waals surface area (Å²) in [5.74, 6) is 0.229. The molecule has 144 valence electrons. The highest BCUT2D eigenvalue weighted by molar-refractivity contribution is 6.04. The third kappa shape index (κ3) is 4.77. The van der Waals surface area contributed by atoms with E-state index >= 15 is 0 Å². The number of alkyl halides is 3. The number of pyridine rings is 1. The molecule has 2 heterocycles. The number of aromatic nitrogens is 1. The van der Waals surface area contributed by atoms with E-state index in [1.807, 2.05) is 0 Å². The van der Waals surface area contributed by atoms with Crippen LogP contribution >= 0.6 is 0 Å². The average molecular weight is 378 g/mol. The van der Waals surface area contributed by atoms with Crippen LogP contribution in [-0.4, -0.2) is 48.5 Å². The highest BCUT2D eigenvalue weighted by Gasteiger charge is 2.30. The minimum Gasteiger partial charge on any atom is -0.354 e. The summed E-state index contributed by atoms with van der Waals surface area (Å²) in [6.07, 6.45) is -2.91. The van der Waals surface area contributed by atoms with Gasteiger partial charge in [0.15, 0.2) is 0 Å². The molecule has 1 aliphatic heterocycles. The van der Waals surface area contributed by atoms with Crippen molar-refractivity contribution in [1.29, 1.82) is 0 Å². The van der Waals surface area contributed by atoms with Gasteiger partial charge >= 0.3 is 6.18 Å². The molecule has 2 aromatic rings. The van der Waals surface area contributed by atoms with Gasteiger partial charge in [-0.15, -0.1) is 0 Å². The van der Waals surface area contributed by atoms with Crippen molar-refractivity contribution >= 4 is 17.4 Å². The highest BCUT2D eigenvalue weighted by Crippen LogP contribution is 2.30. The summed E-state index contributed by atoms with van der Waals surface area (Å²) >= 11 is 0. The van der Waals surface area contributed by atoms with Gasteiger partial charge in [0.2, 0.25) is 0 Å². The second-order valence-corrected chi connectivity index (χ2v) is 6.36. The second kappa shape index (κ2) is 7.96. The molecule has 27 heavy (non-hydrogen) atoms. The van der Waals surface area contributed by atoms with Crippen molar-refractivity contribution in [1.82, 2.24) is 9.88 Å². The Morgan fingerprint density at radius 1 is 1.15 bits per heavy atom. The van der Waals surface area contributed by atoms with Crippen molar-refractivity contribution in [2.75, 3.05) is 42.9 Å². The maximum atomic E-state index is 12.8. The van der Waals surface area contributed by atoms with Gasteiger partial charge in [-0.3, -0.25) is 4.79 Å². The van der Waals surface area contributed by atoms with Crippen molar-refractivity contribution in [2.24, 2.45) is 0 Å². The van der Waals surface area contributed by atoms with Gasteiger partial charge < -0.3 is 15.1 Å². The topological polar surface area (TPSA) is 48.5 Å². The Bertz CT molecular complexity index is 802. The zero-order valence-corrected chi connectivity index (χ0v) is 15.0. The van der Waals surface area contributed by atoms with Gasteiger partial charge in [0.1, 0.15) is 5.82 Å². The third-order valence-corrected chi connectivity index (χ3v) is 4.60. The number of hydrogen-bond donors (Lipinski definition) is 1. The standard InChI is InChI=1S/C19H21F3N4O/c1-2-25-8-10-26(11-9-25)17-12-14(6-7-23-17)18(27)24-16-5-3-4-15(13-16)19(20,21)22/h3-7,12-13H,2,8-11H2,1H3,(H,24,27). The van der Waals surface area contributed by atoms with Crippen molar-refractivity contribution < 1.29 is 18.0 Å². The van der Waals surface area contributed by atoms with E-state index < -0.39 is 17.6 Å². The fourth-order valence-electron chi connectivity index (χ4n) is 3.00. The van der Waals surface area contributed by atoms with E-state index in [1.165, 1.54) is 12.1 Å². The maximum Gasteiger partial charge on any atom is 0.416 e. The zero-order chi connectivity index (χ0) is 19.4. The van der Waals surface area contributed by atoms with Gasteiger partial charge in [0, 0.05) is 43.6 Å². The van der Waals surface area contributed by atoms with Crippen LogP contribution < -0.4 is 10.2 Å². The number of nitrogens with one attached hydrogen (secondary N) is 1. The molecule has 0 spiro atoms. The van der Waals surface area contributed by atoms with Crippen molar-refractivity contribution in [3.8, 4) is 0 Å². The SMILES string of the molecule is CCN1CCN(c2cc(C(=O)Nc3cccc(C(F)(F)F)c3)ccn2)CC1. The molecule has 0 unspecified atom stereocenters. The molecular formula is C19H21F3N4O. The quantitative estimate of drug-likeness (QED) is 0.885. The summed E-state index contributed by atoms with van der Waals surface area (Å²) in [6, 6.07) is 7.81. The summed E-state index contributed by atoms with van der Waals surface area (Å²) in [6.45, 7) is 6.62. The fraction of sp³-hybridized carbons (Fsp3) is 0.368. The second-order valence-electron chi connectivity index (χ2n) is 6.36. The van der Waals surface area contributed by atoms with E-state index in [4.69, 9.17) is 0 Å². The van der Waals surface area contributed by atoms with E-state index in [2.05, 4.69) is 27.0 Å². The van der Waals surface area contributed by atoms with Crippen LogP contribution in [-0.2, 0) is 6.18 Å². The van der Waals surface area contributed by atoms with Gasteiger partial charge in [0.25, 0.3) is 5.91 Å². The van der Waals surface area contributed by atoms with E-state index in [0.717, 1.165) is 44.9 Å². The van der Waals surface area contributed by atoms with Gasteiger partial charge in [0.05, 0.1) is 5.56 Å². The molecule has 1 amide bonds. The first-order chi connectivity index (χ1) is 12.9. The first-order valence-electron chi connectivity index (χ1n) is 8.79. The van der Waals surface area contributed by atoms with Crippen LogP contribution in [0.4, 0.5) is 24.7 Å². The van der Waals surface area contributed by atoms with Crippen LogP contribution in [0.5, 0.6) is 0 Å². The minimum absolute atomic E-state index is 0.102. The number of carbonyl (C=O) groups excluding carboxylic acids is 1. The number of amides is 1.